The smallest absolute Gasteiger partial charge is 0.291 e. The molecule has 168 valence electrons. The third kappa shape index (κ3) is 5.40. The van der Waals surface area contributed by atoms with Gasteiger partial charge in [-0.1, -0.05) is 18.2 Å². The van der Waals surface area contributed by atoms with E-state index in [-0.39, 0.29) is 30.2 Å². The predicted octanol–water partition coefficient (Wildman–Crippen LogP) is 3.43. The van der Waals surface area contributed by atoms with E-state index < -0.39 is 0 Å². The number of para-hydroxylation sites is 1. The number of benzene rings is 2. The van der Waals surface area contributed by atoms with Crippen molar-refractivity contribution in [3.05, 3.63) is 83.3 Å². The summed E-state index contributed by atoms with van der Waals surface area (Å²) in [5.74, 6) is 0.570. The van der Waals surface area contributed by atoms with Gasteiger partial charge in [0.15, 0.2) is 5.76 Å². The van der Waals surface area contributed by atoms with Gasteiger partial charge in [-0.2, -0.15) is 5.26 Å². The fraction of sp³-hybridized carbons (Fsp3) is 0.240. The van der Waals surface area contributed by atoms with Crippen molar-refractivity contribution in [3.63, 3.8) is 0 Å². The molecule has 8 nitrogen and oxygen atoms in total. The zero-order valence-electron chi connectivity index (χ0n) is 18.0. The standard InChI is InChI=1S/C25H24N4O4/c26-14-17-7-9-19(10-8-17)32-16-20-11-12-23(33-20)25(31)28-21-5-2-1-4-18(21)15-29-13-3-6-22(29)24(27)30/h1-2,4-5,7-12,22H,3,6,13,15-16H2,(H2,27,30)(H,28,31). The van der Waals surface area contributed by atoms with Gasteiger partial charge in [0, 0.05) is 12.2 Å². The number of furan rings is 1. The fourth-order valence-corrected chi connectivity index (χ4v) is 3.88. The van der Waals surface area contributed by atoms with Crippen molar-refractivity contribution in [1.29, 1.82) is 5.26 Å². The number of primary amides is 1. The van der Waals surface area contributed by atoms with E-state index in [1.54, 1.807) is 36.4 Å². The Morgan fingerprint density at radius 2 is 1.94 bits per heavy atom. The van der Waals surface area contributed by atoms with Gasteiger partial charge in [-0.15, -0.1) is 0 Å². The Kier molecular flexibility index (Phi) is 6.72. The van der Waals surface area contributed by atoms with Crippen molar-refractivity contribution in [2.24, 2.45) is 5.73 Å². The molecule has 8 heteroatoms. The first-order valence-electron chi connectivity index (χ1n) is 10.7. The summed E-state index contributed by atoms with van der Waals surface area (Å²) in [6.45, 7) is 1.46. The van der Waals surface area contributed by atoms with Crippen LogP contribution in [0.5, 0.6) is 5.75 Å². The highest BCUT2D eigenvalue weighted by molar-refractivity contribution is 6.02. The molecule has 2 amide bonds. The van der Waals surface area contributed by atoms with Crippen molar-refractivity contribution < 1.29 is 18.7 Å². The summed E-state index contributed by atoms with van der Waals surface area (Å²) in [5.41, 5.74) is 7.63. The number of anilines is 1. The SMILES string of the molecule is N#Cc1ccc(OCc2ccc(C(=O)Nc3ccccc3CN3CCCC3C(N)=O)o2)cc1. The molecule has 1 atom stereocenters. The topological polar surface area (TPSA) is 122 Å². The lowest BCUT2D eigenvalue weighted by molar-refractivity contribution is -0.122. The van der Waals surface area contributed by atoms with E-state index in [1.165, 1.54) is 0 Å². The van der Waals surface area contributed by atoms with Gasteiger partial charge >= 0.3 is 0 Å². The maximum absolute atomic E-state index is 12.8. The number of nitrogens with one attached hydrogen (secondary N) is 1. The van der Waals surface area contributed by atoms with E-state index in [9.17, 15) is 9.59 Å². The molecule has 1 aromatic heterocycles. The molecule has 2 heterocycles. The highest BCUT2D eigenvalue weighted by Crippen LogP contribution is 2.24. The molecule has 1 aliphatic heterocycles. The van der Waals surface area contributed by atoms with Crippen LogP contribution in [0.2, 0.25) is 0 Å². The Balaban J connectivity index is 1.38. The molecule has 4 rings (SSSR count). The van der Waals surface area contributed by atoms with Crippen LogP contribution in [0.4, 0.5) is 5.69 Å². The van der Waals surface area contributed by atoms with E-state index >= 15 is 0 Å². The molecule has 3 N–H and O–H groups in total. The van der Waals surface area contributed by atoms with Gasteiger partial charge in [0.1, 0.15) is 18.1 Å². The molecule has 1 unspecified atom stereocenters. The van der Waals surface area contributed by atoms with Crippen molar-refractivity contribution >= 4 is 17.5 Å². The molecular formula is C25H24N4O4. The number of amides is 2. The molecule has 1 aliphatic rings. The summed E-state index contributed by atoms with van der Waals surface area (Å²) < 4.78 is 11.3. The Morgan fingerprint density at radius 1 is 1.15 bits per heavy atom. The lowest BCUT2D eigenvalue weighted by Gasteiger charge is -2.23. The summed E-state index contributed by atoms with van der Waals surface area (Å²) >= 11 is 0. The number of carbonyl (C=O) groups is 2. The van der Waals surface area contributed by atoms with Crippen molar-refractivity contribution in [1.82, 2.24) is 4.90 Å². The molecule has 0 bridgehead atoms. The van der Waals surface area contributed by atoms with Crippen LogP contribution < -0.4 is 15.8 Å². The van der Waals surface area contributed by atoms with Crippen LogP contribution in [0.1, 0.15) is 40.3 Å². The number of ether oxygens (including phenoxy) is 1. The largest absolute Gasteiger partial charge is 0.486 e. The number of nitrogens with two attached hydrogens (primary N) is 1. The molecule has 33 heavy (non-hydrogen) atoms. The van der Waals surface area contributed by atoms with E-state index in [2.05, 4.69) is 11.4 Å². The molecular weight excluding hydrogens is 420 g/mol. The lowest BCUT2D eigenvalue weighted by atomic mass is 10.1. The van der Waals surface area contributed by atoms with E-state index in [1.807, 2.05) is 29.2 Å². The number of likely N-dealkylation sites (tertiary alicyclic amines) is 1. The first kappa shape index (κ1) is 22.1. The van der Waals surface area contributed by atoms with Crippen molar-refractivity contribution in [2.75, 3.05) is 11.9 Å². The van der Waals surface area contributed by atoms with Crippen LogP contribution in [-0.2, 0) is 17.9 Å². The first-order valence-corrected chi connectivity index (χ1v) is 10.7. The van der Waals surface area contributed by atoms with Gasteiger partial charge in [0.25, 0.3) is 5.91 Å². The molecule has 3 aromatic rings. The third-order valence-electron chi connectivity index (χ3n) is 5.58. The third-order valence-corrected chi connectivity index (χ3v) is 5.58. The first-order chi connectivity index (χ1) is 16.0. The average molecular weight is 444 g/mol. The predicted molar refractivity (Wildman–Crippen MR) is 121 cm³/mol. The number of rotatable bonds is 8. The molecule has 1 fully saturated rings. The lowest BCUT2D eigenvalue weighted by Crippen LogP contribution is -2.39. The highest BCUT2D eigenvalue weighted by atomic mass is 16.5. The Morgan fingerprint density at radius 3 is 2.70 bits per heavy atom. The summed E-state index contributed by atoms with van der Waals surface area (Å²) in [5, 5.41) is 11.8. The normalized spacial score (nSPS) is 15.7. The van der Waals surface area contributed by atoms with Crippen LogP contribution in [0.25, 0.3) is 0 Å². The minimum absolute atomic E-state index is 0.152. The molecule has 0 radical (unpaired) electrons. The van der Waals surface area contributed by atoms with E-state index in [0.29, 0.717) is 29.3 Å². The summed E-state index contributed by atoms with van der Waals surface area (Å²) in [6, 6.07) is 19.3. The molecule has 1 saturated heterocycles. The zero-order chi connectivity index (χ0) is 23.2. The quantitative estimate of drug-likeness (QED) is 0.549. The second kappa shape index (κ2) is 10.0. The van der Waals surface area contributed by atoms with Gasteiger partial charge in [-0.05, 0) is 67.4 Å². The van der Waals surface area contributed by atoms with Crippen LogP contribution in [-0.4, -0.2) is 29.3 Å². The van der Waals surface area contributed by atoms with Crippen LogP contribution in [0.15, 0.2) is 65.1 Å². The van der Waals surface area contributed by atoms with E-state index in [4.69, 9.17) is 20.1 Å². The zero-order valence-corrected chi connectivity index (χ0v) is 18.0. The Labute approximate surface area is 191 Å². The minimum atomic E-state index is -0.375. The second-order valence-electron chi connectivity index (χ2n) is 7.83. The van der Waals surface area contributed by atoms with Gasteiger partial charge in [-0.25, -0.2) is 0 Å². The molecule has 0 spiro atoms. The number of nitriles is 1. The number of carbonyl (C=O) groups excluding carboxylic acids is 2. The Bertz CT molecular complexity index is 1180. The monoisotopic (exact) mass is 444 g/mol. The van der Waals surface area contributed by atoms with Crippen molar-refractivity contribution in [3.8, 4) is 11.8 Å². The Hall–Kier alpha value is -4.09. The molecule has 0 aliphatic carbocycles. The number of nitrogens with zero attached hydrogens (tertiary/aromatic N) is 2. The number of hydrogen-bond donors (Lipinski definition) is 2. The van der Waals surface area contributed by atoms with E-state index in [0.717, 1.165) is 24.9 Å². The summed E-state index contributed by atoms with van der Waals surface area (Å²) in [6.07, 6.45) is 1.67. The average Bonchev–Trinajstić information content (AvgIpc) is 3.49. The van der Waals surface area contributed by atoms with Gasteiger partial charge in [-0.3, -0.25) is 14.5 Å². The minimum Gasteiger partial charge on any atom is -0.486 e. The summed E-state index contributed by atoms with van der Waals surface area (Å²) in [4.78, 5) is 26.5. The van der Waals surface area contributed by atoms with Crippen LogP contribution in [0.3, 0.4) is 0 Å². The van der Waals surface area contributed by atoms with Gasteiger partial charge in [0.05, 0.1) is 17.7 Å². The van der Waals surface area contributed by atoms with Gasteiger partial charge < -0.3 is 20.2 Å². The maximum Gasteiger partial charge on any atom is 0.291 e. The summed E-state index contributed by atoms with van der Waals surface area (Å²) in [7, 11) is 0. The molecule has 2 aromatic carbocycles. The van der Waals surface area contributed by atoms with Crippen molar-refractivity contribution in [2.45, 2.75) is 32.0 Å². The fourth-order valence-electron chi connectivity index (χ4n) is 3.88. The number of hydrogen-bond acceptors (Lipinski definition) is 6. The van der Waals surface area contributed by atoms with Gasteiger partial charge in [0.2, 0.25) is 5.91 Å². The highest BCUT2D eigenvalue weighted by Gasteiger charge is 2.29. The molecule has 0 saturated carbocycles. The van der Waals surface area contributed by atoms with Crippen LogP contribution >= 0.6 is 0 Å². The van der Waals surface area contributed by atoms with Crippen LogP contribution in [0, 0.1) is 11.3 Å². The second-order valence-corrected chi connectivity index (χ2v) is 7.83. The maximum atomic E-state index is 12.8.